The van der Waals surface area contributed by atoms with Crippen molar-refractivity contribution >= 4 is 0 Å². The highest BCUT2D eigenvalue weighted by Crippen LogP contribution is 2.11. The zero-order chi connectivity index (χ0) is 9.68. The maximum absolute atomic E-state index is 4.18. The lowest BCUT2D eigenvalue weighted by atomic mass is 10.1. The normalized spacial score (nSPS) is 12.2. The fourth-order valence-electron chi connectivity index (χ4n) is 1.13. The summed E-state index contributed by atoms with van der Waals surface area (Å²) in [4.78, 5) is 8.07. The maximum Gasteiger partial charge on any atom is 0.115 e. The second-order valence-electron chi connectivity index (χ2n) is 3.14. The molecule has 0 fully saturated rings. The predicted molar refractivity (Wildman–Crippen MR) is 53.3 cm³/mol. The fourth-order valence-corrected chi connectivity index (χ4v) is 1.13. The molecule has 0 bridgehead atoms. The lowest BCUT2D eigenvalue weighted by Crippen LogP contribution is -2.15. The van der Waals surface area contributed by atoms with E-state index in [0.29, 0.717) is 0 Å². The van der Waals surface area contributed by atoms with Crippen molar-refractivity contribution in [2.45, 2.75) is 19.9 Å². The van der Waals surface area contributed by atoms with Gasteiger partial charge < -0.3 is 5.32 Å². The lowest BCUT2D eigenvalue weighted by Gasteiger charge is -2.10. The second-order valence-corrected chi connectivity index (χ2v) is 3.14. The number of likely N-dealkylation sites (N-methyl/N-ethyl adjacent to an activating group) is 1. The highest BCUT2D eigenvalue weighted by Gasteiger charge is 2.05. The zero-order valence-electron chi connectivity index (χ0n) is 8.28. The SMILES string of the molecule is CNC(C=C(C)C)c1ccncn1. The van der Waals surface area contributed by atoms with Crippen molar-refractivity contribution in [3.05, 3.63) is 35.9 Å². The summed E-state index contributed by atoms with van der Waals surface area (Å²) in [7, 11) is 1.92. The Morgan fingerprint density at radius 2 is 2.31 bits per heavy atom. The quantitative estimate of drug-likeness (QED) is 0.714. The van der Waals surface area contributed by atoms with E-state index < -0.39 is 0 Å². The Kier molecular flexibility index (Phi) is 3.58. The molecule has 0 amide bonds. The van der Waals surface area contributed by atoms with Crippen LogP contribution in [0.3, 0.4) is 0 Å². The van der Waals surface area contributed by atoms with Gasteiger partial charge in [-0.15, -0.1) is 0 Å². The number of allylic oxidation sites excluding steroid dienone is 1. The van der Waals surface area contributed by atoms with E-state index >= 15 is 0 Å². The fraction of sp³-hybridized carbons (Fsp3) is 0.400. The van der Waals surface area contributed by atoms with Crippen molar-refractivity contribution in [2.24, 2.45) is 0 Å². The lowest BCUT2D eigenvalue weighted by molar-refractivity contribution is 0.685. The minimum Gasteiger partial charge on any atom is -0.309 e. The van der Waals surface area contributed by atoms with Gasteiger partial charge in [-0.1, -0.05) is 11.6 Å². The van der Waals surface area contributed by atoms with Gasteiger partial charge in [0.1, 0.15) is 6.33 Å². The van der Waals surface area contributed by atoms with Crippen LogP contribution in [0.25, 0.3) is 0 Å². The second kappa shape index (κ2) is 4.72. The summed E-state index contributed by atoms with van der Waals surface area (Å²) in [5.41, 5.74) is 2.27. The molecule has 0 radical (unpaired) electrons. The van der Waals surface area contributed by atoms with Crippen LogP contribution in [0.4, 0.5) is 0 Å². The van der Waals surface area contributed by atoms with Gasteiger partial charge in [0, 0.05) is 6.20 Å². The Bertz CT molecular complexity index is 275. The van der Waals surface area contributed by atoms with E-state index in [2.05, 4.69) is 35.2 Å². The molecule has 1 atom stereocenters. The van der Waals surface area contributed by atoms with Crippen molar-refractivity contribution in [1.29, 1.82) is 0 Å². The van der Waals surface area contributed by atoms with Crippen LogP contribution in [0.2, 0.25) is 0 Å². The van der Waals surface area contributed by atoms with Gasteiger partial charge in [0.15, 0.2) is 0 Å². The van der Waals surface area contributed by atoms with Crippen LogP contribution in [-0.4, -0.2) is 17.0 Å². The molecule has 0 aliphatic heterocycles. The zero-order valence-corrected chi connectivity index (χ0v) is 8.28. The van der Waals surface area contributed by atoms with Crippen LogP contribution < -0.4 is 5.32 Å². The van der Waals surface area contributed by atoms with Crippen LogP contribution in [0.5, 0.6) is 0 Å². The molecule has 3 nitrogen and oxygen atoms in total. The molecular weight excluding hydrogens is 162 g/mol. The maximum atomic E-state index is 4.18. The van der Waals surface area contributed by atoms with Gasteiger partial charge in [-0.2, -0.15) is 0 Å². The molecule has 1 aromatic rings. The Morgan fingerprint density at radius 1 is 1.54 bits per heavy atom. The van der Waals surface area contributed by atoms with Crippen LogP contribution in [-0.2, 0) is 0 Å². The molecular formula is C10H15N3. The summed E-state index contributed by atoms with van der Waals surface area (Å²) in [6.07, 6.45) is 5.46. The summed E-state index contributed by atoms with van der Waals surface area (Å²) in [5, 5.41) is 3.18. The molecule has 1 unspecified atom stereocenters. The van der Waals surface area contributed by atoms with E-state index in [1.807, 2.05) is 13.1 Å². The predicted octanol–water partition coefficient (Wildman–Crippen LogP) is 1.70. The van der Waals surface area contributed by atoms with E-state index in [1.165, 1.54) is 5.57 Å². The summed E-state index contributed by atoms with van der Waals surface area (Å²) < 4.78 is 0. The average molecular weight is 177 g/mol. The van der Waals surface area contributed by atoms with Crippen molar-refractivity contribution in [2.75, 3.05) is 7.05 Å². The molecule has 0 aromatic carbocycles. The van der Waals surface area contributed by atoms with E-state index in [4.69, 9.17) is 0 Å². The first-order valence-electron chi connectivity index (χ1n) is 4.32. The van der Waals surface area contributed by atoms with Crippen LogP contribution >= 0.6 is 0 Å². The Labute approximate surface area is 78.9 Å². The largest absolute Gasteiger partial charge is 0.309 e. The highest BCUT2D eigenvalue weighted by atomic mass is 14.9. The first-order chi connectivity index (χ1) is 6.24. The third kappa shape index (κ3) is 2.95. The topological polar surface area (TPSA) is 37.8 Å². The number of rotatable bonds is 3. The van der Waals surface area contributed by atoms with E-state index in [-0.39, 0.29) is 6.04 Å². The molecule has 3 heteroatoms. The first kappa shape index (κ1) is 9.86. The molecule has 70 valence electrons. The Hall–Kier alpha value is -1.22. The van der Waals surface area contributed by atoms with Gasteiger partial charge in [0.05, 0.1) is 11.7 Å². The minimum absolute atomic E-state index is 0.188. The number of hydrogen-bond donors (Lipinski definition) is 1. The molecule has 0 spiro atoms. The number of nitrogens with zero attached hydrogens (tertiary/aromatic N) is 2. The molecule has 0 saturated carbocycles. The smallest absolute Gasteiger partial charge is 0.115 e. The van der Waals surface area contributed by atoms with Crippen LogP contribution in [0, 0.1) is 0 Å². The average Bonchev–Trinajstić information content (AvgIpc) is 2.15. The van der Waals surface area contributed by atoms with Gasteiger partial charge >= 0.3 is 0 Å². The molecule has 13 heavy (non-hydrogen) atoms. The van der Waals surface area contributed by atoms with Crippen LogP contribution in [0.15, 0.2) is 30.2 Å². The van der Waals surface area contributed by atoms with Gasteiger partial charge in [-0.05, 0) is 27.0 Å². The number of hydrogen-bond acceptors (Lipinski definition) is 3. The highest BCUT2D eigenvalue weighted by molar-refractivity contribution is 5.14. The molecule has 0 aliphatic rings. The van der Waals surface area contributed by atoms with E-state index in [0.717, 1.165) is 5.69 Å². The van der Waals surface area contributed by atoms with Gasteiger partial charge in [0.25, 0.3) is 0 Å². The van der Waals surface area contributed by atoms with Gasteiger partial charge in [0.2, 0.25) is 0 Å². The van der Waals surface area contributed by atoms with E-state index in [9.17, 15) is 0 Å². The third-order valence-electron chi connectivity index (χ3n) is 1.73. The molecule has 1 heterocycles. The van der Waals surface area contributed by atoms with Crippen molar-refractivity contribution in [3.8, 4) is 0 Å². The Balaban J connectivity index is 2.85. The molecule has 0 aliphatic carbocycles. The van der Waals surface area contributed by atoms with Gasteiger partial charge in [-0.25, -0.2) is 9.97 Å². The summed E-state index contributed by atoms with van der Waals surface area (Å²) in [6, 6.07) is 2.11. The van der Waals surface area contributed by atoms with Crippen molar-refractivity contribution in [1.82, 2.24) is 15.3 Å². The van der Waals surface area contributed by atoms with Crippen molar-refractivity contribution < 1.29 is 0 Å². The molecule has 0 saturated heterocycles. The summed E-state index contributed by atoms with van der Waals surface area (Å²) >= 11 is 0. The van der Waals surface area contributed by atoms with E-state index in [1.54, 1.807) is 12.5 Å². The van der Waals surface area contributed by atoms with Crippen LogP contribution in [0.1, 0.15) is 25.6 Å². The monoisotopic (exact) mass is 177 g/mol. The van der Waals surface area contributed by atoms with Crippen molar-refractivity contribution in [3.63, 3.8) is 0 Å². The first-order valence-corrected chi connectivity index (χ1v) is 4.32. The molecule has 1 N–H and O–H groups in total. The molecule has 1 rings (SSSR count). The Morgan fingerprint density at radius 3 is 2.77 bits per heavy atom. The third-order valence-corrected chi connectivity index (χ3v) is 1.73. The number of nitrogens with one attached hydrogen (secondary N) is 1. The minimum atomic E-state index is 0.188. The molecule has 1 aromatic heterocycles. The summed E-state index contributed by atoms with van der Waals surface area (Å²) in [5.74, 6) is 0. The summed E-state index contributed by atoms with van der Waals surface area (Å²) in [6.45, 7) is 4.15. The number of aromatic nitrogens is 2. The van der Waals surface area contributed by atoms with Gasteiger partial charge in [-0.3, -0.25) is 0 Å². The standard InChI is InChI=1S/C10H15N3/c1-8(2)6-10(11-3)9-4-5-12-7-13-9/h4-7,10-11H,1-3H3.